The molecule has 1 heterocycles. The average molecular weight is 227 g/mol. The molecule has 1 unspecified atom stereocenters. The van der Waals surface area contributed by atoms with E-state index in [0.717, 1.165) is 19.0 Å². The lowest BCUT2D eigenvalue weighted by Crippen LogP contribution is -2.40. The highest BCUT2D eigenvalue weighted by atomic mass is 16.4. The van der Waals surface area contributed by atoms with Crippen LogP contribution in [0.2, 0.25) is 0 Å². The molecule has 0 bridgehead atoms. The molecule has 1 aliphatic heterocycles. The van der Waals surface area contributed by atoms with E-state index in [9.17, 15) is 0 Å². The molecule has 0 aromatic heterocycles. The van der Waals surface area contributed by atoms with Crippen LogP contribution < -0.4 is 5.73 Å². The molecule has 0 radical (unpaired) electrons. The Morgan fingerprint density at radius 1 is 1.50 bits per heavy atom. The second kappa shape index (κ2) is 7.49. The Bertz CT molecular complexity index is 216. The van der Waals surface area contributed by atoms with E-state index in [0.29, 0.717) is 12.3 Å². The number of nitrogens with zero attached hydrogens (tertiary/aromatic N) is 2. The molecule has 0 aromatic carbocycles. The van der Waals surface area contributed by atoms with Crippen LogP contribution in [-0.4, -0.2) is 35.1 Å². The first-order valence-corrected chi connectivity index (χ1v) is 6.48. The fourth-order valence-electron chi connectivity index (χ4n) is 2.53. The number of hydrogen-bond acceptors (Lipinski definition) is 3. The number of amidine groups is 1. The molecule has 4 nitrogen and oxygen atoms in total. The van der Waals surface area contributed by atoms with Gasteiger partial charge in [-0.25, -0.2) is 0 Å². The van der Waals surface area contributed by atoms with Gasteiger partial charge in [0.25, 0.3) is 0 Å². The molecule has 1 atom stereocenters. The van der Waals surface area contributed by atoms with Gasteiger partial charge in [-0.05, 0) is 38.8 Å². The third-order valence-electron chi connectivity index (χ3n) is 3.38. The molecule has 94 valence electrons. The smallest absolute Gasteiger partial charge is 0.139 e. The summed E-state index contributed by atoms with van der Waals surface area (Å²) in [5.41, 5.74) is 5.46. The van der Waals surface area contributed by atoms with E-state index in [1.165, 1.54) is 38.6 Å². The van der Waals surface area contributed by atoms with Crippen molar-refractivity contribution >= 4 is 5.84 Å². The van der Waals surface area contributed by atoms with Gasteiger partial charge in [-0.3, -0.25) is 0 Å². The van der Waals surface area contributed by atoms with Crippen molar-refractivity contribution in [2.24, 2.45) is 10.9 Å². The van der Waals surface area contributed by atoms with Crippen LogP contribution in [0.5, 0.6) is 0 Å². The van der Waals surface area contributed by atoms with E-state index >= 15 is 0 Å². The normalized spacial score (nSPS) is 23.6. The zero-order chi connectivity index (χ0) is 11.8. The van der Waals surface area contributed by atoms with Crippen molar-refractivity contribution in [2.45, 2.75) is 57.9 Å². The third kappa shape index (κ3) is 4.39. The Morgan fingerprint density at radius 3 is 3.00 bits per heavy atom. The van der Waals surface area contributed by atoms with E-state index < -0.39 is 0 Å². The summed E-state index contributed by atoms with van der Waals surface area (Å²) in [6.45, 7) is 4.56. The predicted octanol–water partition coefficient (Wildman–Crippen LogP) is 2.17. The van der Waals surface area contributed by atoms with Gasteiger partial charge in [-0.15, -0.1) is 0 Å². The summed E-state index contributed by atoms with van der Waals surface area (Å²) >= 11 is 0. The minimum atomic E-state index is 0.351. The van der Waals surface area contributed by atoms with Gasteiger partial charge in [0, 0.05) is 12.5 Å². The Kier molecular flexibility index (Phi) is 6.23. The molecule has 1 aliphatic rings. The molecule has 1 rings (SSSR count). The summed E-state index contributed by atoms with van der Waals surface area (Å²) < 4.78 is 0. The fourth-order valence-corrected chi connectivity index (χ4v) is 2.53. The van der Waals surface area contributed by atoms with Crippen molar-refractivity contribution in [3.63, 3.8) is 0 Å². The lowest BCUT2D eigenvalue weighted by Gasteiger charge is -2.35. The molecule has 0 aliphatic carbocycles. The number of rotatable bonds is 6. The molecule has 0 amide bonds. The van der Waals surface area contributed by atoms with Crippen molar-refractivity contribution in [3.8, 4) is 0 Å². The van der Waals surface area contributed by atoms with E-state index in [4.69, 9.17) is 10.9 Å². The molecular weight excluding hydrogens is 202 g/mol. The minimum Gasteiger partial charge on any atom is -0.409 e. The van der Waals surface area contributed by atoms with Crippen molar-refractivity contribution in [1.29, 1.82) is 0 Å². The van der Waals surface area contributed by atoms with Gasteiger partial charge in [0.15, 0.2) is 0 Å². The third-order valence-corrected chi connectivity index (χ3v) is 3.38. The van der Waals surface area contributed by atoms with Crippen LogP contribution in [0.4, 0.5) is 0 Å². The van der Waals surface area contributed by atoms with Crippen LogP contribution >= 0.6 is 0 Å². The lowest BCUT2D eigenvalue weighted by atomic mass is 9.98. The number of likely N-dealkylation sites (tertiary alicyclic amines) is 1. The summed E-state index contributed by atoms with van der Waals surface area (Å²) in [5.74, 6) is 0.351. The Labute approximate surface area is 98.5 Å². The first-order chi connectivity index (χ1) is 7.77. The maximum Gasteiger partial charge on any atom is 0.139 e. The van der Waals surface area contributed by atoms with Gasteiger partial charge in [-0.1, -0.05) is 24.9 Å². The first kappa shape index (κ1) is 13.3. The van der Waals surface area contributed by atoms with Gasteiger partial charge in [0.1, 0.15) is 5.84 Å². The van der Waals surface area contributed by atoms with Gasteiger partial charge < -0.3 is 15.8 Å². The number of oxime groups is 1. The molecule has 0 spiro atoms. The van der Waals surface area contributed by atoms with E-state index in [1.54, 1.807) is 0 Å². The Hall–Kier alpha value is -0.770. The number of hydrogen-bond donors (Lipinski definition) is 2. The van der Waals surface area contributed by atoms with Gasteiger partial charge >= 0.3 is 0 Å². The second-order valence-corrected chi connectivity index (χ2v) is 4.67. The van der Waals surface area contributed by atoms with Crippen molar-refractivity contribution < 1.29 is 5.21 Å². The summed E-state index contributed by atoms with van der Waals surface area (Å²) in [5, 5.41) is 11.5. The van der Waals surface area contributed by atoms with Crippen LogP contribution in [0, 0.1) is 0 Å². The summed E-state index contributed by atoms with van der Waals surface area (Å²) in [6.07, 6.45) is 8.32. The minimum absolute atomic E-state index is 0.351. The maximum absolute atomic E-state index is 8.46. The summed E-state index contributed by atoms with van der Waals surface area (Å²) in [7, 11) is 0. The molecule has 4 heteroatoms. The van der Waals surface area contributed by atoms with E-state index in [2.05, 4.69) is 17.0 Å². The molecule has 0 aromatic rings. The van der Waals surface area contributed by atoms with Crippen LogP contribution in [-0.2, 0) is 0 Å². The van der Waals surface area contributed by atoms with Gasteiger partial charge in [0.05, 0.1) is 0 Å². The topological polar surface area (TPSA) is 61.8 Å². The van der Waals surface area contributed by atoms with Gasteiger partial charge in [0.2, 0.25) is 0 Å². The van der Waals surface area contributed by atoms with Crippen LogP contribution in [0.3, 0.4) is 0 Å². The highest BCUT2D eigenvalue weighted by molar-refractivity contribution is 5.79. The standard InChI is InChI=1S/C12H25N3O/c1-2-6-11-7-3-4-9-15(11)10-5-8-12(13)14-16/h11,16H,2-10H2,1H3,(H2,13,14). The maximum atomic E-state index is 8.46. The first-order valence-electron chi connectivity index (χ1n) is 6.48. The zero-order valence-electron chi connectivity index (χ0n) is 10.4. The van der Waals surface area contributed by atoms with Crippen LogP contribution in [0.25, 0.3) is 0 Å². The molecular formula is C12H25N3O. The SMILES string of the molecule is CCCC1CCCCN1CCCC(N)=NO. The summed E-state index contributed by atoms with van der Waals surface area (Å²) in [4.78, 5) is 2.58. The quantitative estimate of drug-likeness (QED) is 0.316. The van der Waals surface area contributed by atoms with Gasteiger partial charge in [-0.2, -0.15) is 0 Å². The number of nitrogens with two attached hydrogens (primary N) is 1. The van der Waals surface area contributed by atoms with Crippen molar-refractivity contribution in [2.75, 3.05) is 13.1 Å². The van der Waals surface area contributed by atoms with Crippen molar-refractivity contribution in [3.05, 3.63) is 0 Å². The van der Waals surface area contributed by atoms with Crippen LogP contribution in [0.1, 0.15) is 51.9 Å². The monoisotopic (exact) mass is 227 g/mol. The predicted molar refractivity (Wildman–Crippen MR) is 66.8 cm³/mol. The molecule has 16 heavy (non-hydrogen) atoms. The Morgan fingerprint density at radius 2 is 2.31 bits per heavy atom. The van der Waals surface area contributed by atoms with E-state index in [-0.39, 0.29) is 0 Å². The molecule has 3 N–H and O–H groups in total. The number of piperidine rings is 1. The molecule has 1 fully saturated rings. The van der Waals surface area contributed by atoms with Crippen LogP contribution in [0.15, 0.2) is 5.16 Å². The molecule has 0 saturated carbocycles. The molecule has 1 saturated heterocycles. The average Bonchev–Trinajstić information content (AvgIpc) is 2.31. The highest BCUT2D eigenvalue weighted by Gasteiger charge is 2.20. The summed E-state index contributed by atoms with van der Waals surface area (Å²) in [6, 6.07) is 0.769. The fraction of sp³-hybridized carbons (Fsp3) is 0.917. The van der Waals surface area contributed by atoms with E-state index in [1.807, 2.05) is 0 Å². The second-order valence-electron chi connectivity index (χ2n) is 4.67. The zero-order valence-corrected chi connectivity index (χ0v) is 10.4. The lowest BCUT2D eigenvalue weighted by molar-refractivity contribution is 0.138. The largest absolute Gasteiger partial charge is 0.409 e. The van der Waals surface area contributed by atoms with Crippen molar-refractivity contribution in [1.82, 2.24) is 4.90 Å². The Balaban J connectivity index is 2.26. The highest BCUT2D eigenvalue weighted by Crippen LogP contribution is 2.20.